The van der Waals surface area contributed by atoms with E-state index in [1.54, 1.807) is 4.90 Å². The lowest BCUT2D eigenvalue weighted by atomic mass is 9.98. The van der Waals surface area contributed by atoms with E-state index in [-0.39, 0.29) is 12.5 Å². The Labute approximate surface area is 150 Å². The molecule has 1 unspecified atom stereocenters. The molecule has 1 aliphatic rings. The number of hydrogen-bond acceptors (Lipinski definition) is 4. The van der Waals surface area contributed by atoms with Crippen molar-refractivity contribution in [2.24, 2.45) is 0 Å². The fourth-order valence-electron chi connectivity index (χ4n) is 3.08. The number of rotatable bonds is 7. The molecule has 6 nitrogen and oxygen atoms in total. The molecule has 1 aromatic carbocycles. The number of carbonyl (C=O) groups excluding carboxylic acids is 2. The van der Waals surface area contributed by atoms with Crippen molar-refractivity contribution in [1.29, 1.82) is 0 Å². The Kier molecular flexibility index (Phi) is 6.82. The molecular formula is C19H29N3O3. The van der Waals surface area contributed by atoms with E-state index in [4.69, 9.17) is 4.74 Å². The Morgan fingerprint density at radius 1 is 1.28 bits per heavy atom. The standard InChI is InChI=1S/C19H29N3O3/c1-19(17(23)20-12-8-13-21(2)3)11-7-14-22(19)18(24)25-15-16-9-5-4-6-10-16/h4-6,9-10H,7-8,11-15H2,1-3H3,(H,20,23). The number of likely N-dealkylation sites (tertiary alicyclic amines) is 1. The molecule has 2 amide bonds. The fourth-order valence-corrected chi connectivity index (χ4v) is 3.08. The summed E-state index contributed by atoms with van der Waals surface area (Å²) in [6.45, 7) is 4.12. The summed E-state index contributed by atoms with van der Waals surface area (Å²) in [5.41, 5.74) is 0.108. The van der Waals surface area contributed by atoms with Crippen LogP contribution in [0.4, 0.5) is 4.79 Å². The summed E-state index contributed by atoms with van der Waals surface area (Å²) in [6, 6.07) is 9.56. The molecule has 0 aromatic heterocycles. The monoisotopic (exact) mass is 347 g/mol. The first-order valence-electron chi connectivity index (χ1n) is 8.85. The van der Waals surface area contributed by atoms with Crippen LogP contribution in [0.15, 0.2) is 30.3 Å². The lowest BCUT2D eigenvalue weighted by Crippen LogP contribution is -2.55. The highest BCUT2D eigenvalue weighted by molar-refractivity contribution is 5.90. The van der Waals surface area contributed by atoms with Gasteiger partial charge in [0.15, 0.2) is 0 Å². The van der Waals surface area contributed by atoms with Crippen molar-refractivity contribution in [3.63, 3.8) is 0 Å². The van der Waals surface area contributed by atoms with E-state index in [0.29, 0.717) is 19.5 Å². The summed E-state index contributed by atoms with van der Waals surface area (Å²) in [7, 11) is 4.01. The molecule has 0 aliphatic carbocycles. The smallest absolute Gasteiger partial charge is 0.410 e. The zero-order chi connectivity index (χ0) is 18.3. The SMILES string of the molecule is CN(C)CCCNC(=O)C1(C)CCCN1C(=O)OCc1ccccc1. The van der Waals surface area contributed by atoms with Gasteiger partial charge in [-0.05, 0) is 52.4 Å². The van der Waals surface area contributed by atoms with Gasteiger partial charge in [0.1, 0.15) is 12.1 Å². The minimum absolute atomic E-state index is 0.0968. The molecule has 1 atom stereocenters. The van der Waals surface area contributed by atoms with E-state index in [9.17, 15) is 9.59 Å². The molecule has 0 bridgehead atoms. The summed E-state index contributed by atoms with van der Waals surface area (Å²) in [4.78, 5) is 28.7. The Hall–Kier alpha value is -2.08. The van der Waals surface area contributed by atoms with Gasteiger partial charge >= 0.3 is 6.09 Å². The minimum Gasteiger partial charge on any atom is -0.445 e. The first-order chi connectivity index (χ1) is 11.9. The van der Waals surface area contributed by atoms with Gasteiger partial charge in [-0.15, -0.1) is 0 Å². The molecule has 6 heteroatoms. The van der Waals surface area contributed by atoms with Crippen LogP contribution >= 0.6 is 0 Å². The van der Waals surface area contributed by atoms with Crippen LogP contribution in [-0.4, -0.2) is 61.1 Å². The van der Waals surface area contributed by atoms with E-state index in [2.05, 4.69) is 10.2 Å². The number of hydrogen-bond donors (Lipinski definition) is 1. The summed E-state index contributed by atoms with van der Waals surface area (Å²) in [5.74, 6) is -0.0968. The molecule has 0 saturated carbocycles. The minimum atomic E-state index is -0.827. The predicted octanol–water partition coefficient (Wildman–Crippen LogP) is 2.25. The second-order valence-electron chi connectivity index (χ2n) is 6.98. The molecule has 1 aliphatic heterocycles. The van der Waals surface area contributed by atoms with Crippen molar-refractivity contribution in [1.82, 2.24) is 15.1 Å². The van der Waals surface area contributed by atoms with Gasteiger partial charge in [-0.25, -0.2) is 4.79 Å². The van der Waals surface area contributed by atoms with Crippen molar-refractivity contribution in [2.45, 2.75) is 38.3 Å². The van der Waals surface area contributed by atoms with Gasteiger partial charge in [0.05, 0.1) is 0 Å². The van der Waals surface area contributed by atoms with Crippen LogP contribution in [-0.2, 0) is 16.1 Å². The topological polar surface area (TPSA) is 61.9 Å². The average Bonchev–Trinajstić information content (AvgIpc) is 3.00. The zero-order valence-electron chi connectivity index (χ0n) is 15.5. The largest absolute Gasteiger partial charge is 0.445 e. The number of nitrogens with one attached hydrogen (secondary N) is 1. The fraction of sp³-hybridized carbons (Fsp3) is 0.579. The van der Waals surface area contributed by atoms with E-state index < -0.39 is 11.6 Å². The maximum absolute atomic E-state index is 12.6. The van der Waals surface area contributed by atoms with Gasteiger partial charge < -0.3 is 15.0 Å². The van der Waals surface area contributed by atoms with Crippen LogP contribution in [0.25, 0.3) is 0 Å². The third kappa shape index (κ3) is 5.19. The van der Waals surface area contributed by atoms with E-state index in [1.165, 1.54) is 0 Å². The summed E-state index contributed by atoms with van der Waals surface area (Å²) in [5, 5.41) is 2.96. The van der Waals surface area contributed by atoms with Gasteiger partial charge in [0.25, 0.3) is 0 Å². The third-order valence-corrected chi connectivity index (χ3v) is 4.62. The van der Waals surface area contributed by atoms with E-state index >= 15 is 0 Å². The van der Waals surface area contributed by atoms with Crippen LogP contribution in [0.1, 0.15) is 31.7 Å². The summed E-state index contributed by atoms with van der Waals surface area (Å²) in [6.07, 6.45) is 1.93. The van der Waals surface area contributed by atoms with Crippen LogP contribution in [0, 0.1) is 0 Å². The Morgan fingerprint density at radius 3 is 2.68 bits per heavy atom. The molecule has 138 valence electrons. The molecule has 2 rings (SSSR count). The molecular weight excluding hydrogens is 318 g/mol. The van der Waals surface area contributed by atoms with Crippen LogP contribution in [0.3, 0.4) is 0 Å². The molecule has 1 heterocycles. The summed E-state index contributed by atoms with van der Waals surface area (Å²) >= 11 is 0. The highest BCUT2D eigenvalue weighted by Gasteiger charge is 2.46. The van der Waals surface area contributed by atoms with E-state index in [1.807, 2.05) is 51.4 Å². The molecule has 0 spiro atoms. The quantitative estimate of drug-likeness (QED) is 0.769. The molecule has 1 fully saturated rings. The average molecular weight is 347 g/mol. The summed E-state index contributed by atoms with van der Waals surface area (Å²) < 4.78 is 5.42. The highest BCUT2D eigenvalue weighted by Crippen LogP contribution is 2.30. The predicted molar refractivity (Wildman–Crippen MR) is 97.2 cm³/mol. The Balaban J connectivity index is 1.88. The lowest BCUT2D eigenvalue weighted by Gasteiger charge is -2.33. The van der Waals surface area contributed by atoms with E-state index in [0.717, 1.165) is 24.9 Å². The highest BCUT2D eigenvalue weighted by atomic mass is 16.6. The van der Waals surface area contributed by atoms with Crippen molar-refractivity contribution in [3.8, 4) is 0 Å². The number of ether oxygens (including phenoxy) is 1. The van der Waals surface area contributed by atoms with Crippen molar-refractivity contribution < 1.29 is 14.3 Å². The van der Waals surface area contributed by atoms with Crippen LogP contribution in [0.5, 0.6) is 0 Å². The van der Waals surface area contributed by atoms with Gasteiger partial charge in [-0.2, -0.15) is 0 Å². The third-order valence-electron chi connectivity index (χ3n) is 4.62. The van der Waals surface area contributed by atoms with Gasteiger partial charge in [-0.3, -0.25) is 9.69 Å². The normalized spacial score (nSPS) is 19.9. The zero-order valence-corrected chi connectivity index (χ0v) is 15.5. The van der Waals surface area contributed by atoms with Crippen molar-refractivity contribution >= 4 is 12.0 Å². The first kappa shape index (κ1) is 19.2. The second-order valence-corrected chi connectivity index (χ2v) is 6.98. The van der Waals surface area contributed by atoms with Crippen molar-refractivity contribution in [2.75, 3.05) is 33.7 Å². The Bertz CT molecular complexity index is 577. The second kappa shape index (κ2) is 8.85. The Morgan fingerprint density at radius 2 is 2.00 bits per heavy atom. The molecule has 0 radical (unpaired) electrons. The van der Waals surface area contributed by atoms with Crippen molar-refractivity contribution in [3.05, 3.63) is 35.9 Å². The molecule has 1 aromatic rings. The van der Waals surface area contributed by atoms with Gasteiger partial charge in [-0.1, -0.05) is 30.3 Å². The molecule has 25 heavy (non-hydrogen) atoms. The maximum Gasteiger partial charge on any atom is 0.410 e. The van der Waals surface area contributed by atoms with Gasteiger partial charge in [0.2, 0.25) is 5.91 Å². The first-order valence-corrected chi connectivity index (χ1v) is 8.85. The van der Waals surface area contributed by atoms with Crippen LogP contribution < -0.4 is 5.32 Å². The molecule has 1 N–H and O–H groups in total. The maximum atomic E-state index is 12.6. The number of nitrogens with zero attached hydrogens (tertiary/aromatic N) is 2. The number of benzene rings is 1. The molecule has 1 saturated heterocycles. The van der Waals surface area contributed by atoms with Crippen LogP contribution in [0.2, 0.25) is 0 Å². The number of amides is 2. The van der Waals surface area contributed by atoms with Gasteiger partial charge in [0, 0.05) is 13.1 Å². The lowest BCUT2D eigenvalue weighted by molar-refractivity contribution is -0.130. The number of carbonyl (C=O) groups is 2.